The summed E-state index contributed by atoms with van der Waals surface area (Å²) in [6.07, 6.45) is 2.96. The summed E-state index contributed by atoms with van der Waals surface area (Å²) in [4.78, 5) is 18.8. The second kappa shape index (κ2) is 6.39. The van der Waals surface area contributed by atoms with Gasteiger partial charge in [0, 0.05) is 22.3 Å². The van der Waals surface area contributed by atoms with Crippen molar-refractivity contribution in [3.8, 4) is 0 Å². The molecule has 0 fully saturated rings. The molecule has 0 bridgehead atoms. The minimum Gasteiger partial charge on any atom is -0.360 e. The molecule has 1 aliphatic heterocycles. The summed E-state index contributed by atoms with van der Waals surface area (Å²) >= 11 is 12.3. The van der Waals surface area contributed by atoms with Crippen LogP contribution >= 0.6 is 23.2 Å². The quantitative estimate of drug-likeness (QED) is 0.693. The summed E-state index contributed by atoms with van der Waals surface area (Å²) in [5.74, 6) is -0.0776. The number of carbonyl (C=O) groups excluding carboxylic acids is 1. The highest BCUT2D eigenvalue weighted by molar-refractivity contribution is 6.36. The van der Waals surface area contributed by atoms with E-state index >= 15 is 0 Å². The Hall–Kier alpha value is -2.56. The molecule has 0 aliphatic carbocycles. The van der Waals surface area contributed by atoms with Crippen LogP contribution < -0.4 is 10.2 Å². The lowest BCUT2D eigenvalue weighted by atomic mass is 10.1. The van der Waals surface area contributed by atoms with Crippen LogP contribution in [0.5, 0.6) is 0 Å². The van der Waals surface area contributed by atoms with Gasteiger partial charge >= 0.3 is 0 Å². The molecule has 1 atom stereocenters. The van der Waals surface area contributed by atoms with E-state index in [1.807, 2.05) is 30.3 Å². The van der Waals surface area contributed by atoms with Crippen LogP contribution in [0, 0.1) is 0 Å². The van der Waals surface area contributed by atoms with Crippen molar-refractivity contribution in [2.45, 2.75) is 6.17 Å². The third-order valence-corrected chi connectivity index (χ3v) is 4.66. The van der Waals surface area contributed by atoms with Crippen molar-refractivity contribution in [1.29, 1.82) is 0 Å². The minimum absolute atomic E-state index is 0.0776. The third-order valence-electron chi connectivity index (χ3n) is 4.11. The Bertz CT molecular complexity index is 946. The van der Waals surface area contributed by atoms with E-state index in [1.54, 1.807) is 41.6 Å². The highest BCUT2D eigenvalue weighted by atomic mass is 35.5. The summed E-state index contributed by atoms with van der Waals surface area (Å²) in [6.45, 7) is 0. The van der Waals surface area contributed by atoms with Crippen LogP contribution in [0.1, 0.15) is 22.1 Å². The van der Waals surface area contributed by atoms with Crippen molar-refractivity contribution in [2.24, 2.45) is 0 Å². The Morgan fingerprint density at radius 2 is 1.88 bits per heavy atom. The van der Waals surface area contributed by atoms with E-state index < -0.39 is 0 Å². The van der Waals surface area contributed by atoms with Crippen LogP contribution in [0.15, 0.2) is 67.0 Å². The van der Waals surface area contributed by atoms with Crippen molar-refractivity contribution in [3.63, 3.8) is 0 Å². The highest BCUT2D eigenvalue weighted by Gasteiger charge is 2.37. The van der Waals surface area contributed by atoms with Crippen molar-refractivity contribution in [1.82, 2.24) is 4.98 Å². The maximum absolute atomic E-state index is 12.9. The normalized spacial score (nSPS) is 16.0. The van der Waals surface area contributed by atoms with Crippen LogP contribution in [0.2, 0.25) is 10.0 Å². The van der Waals surface area contributed by atoms with Gasteiger partial charge in [0.1, 0.15) is 6.17 Å². The fraction of sp³-hybridized carbons (Fsp3) is 0.0526. The summed E-state index contributed by atoms with van der Waals surface area (Å²) in [5, 5.41) is 4.41. The van der Waals surface area contributed by atoms with E-state index in [0.29, 0.717) is 27.0 Å². The number of benzene rings is 2. The molecule has 1 amide bonds. The molecule has 1 N–H and O–H groups in total. The lowest BCUT2D eigenvalue weighted by molar-refractivity contribution is 0.0993. The zero-order valence-electron chi connectivity index (χ0n) is 13.0. The number of amides is 1. The number of hydrogen-bond acceptors (Lipinski definition) is 3. The first kappa shape index (κ1) is 15.9. The molecule has 124 valence electrons. The molecule has 4 nitrogen and oxygen atoms in total. The number of pyridine rings is 1. The average molecular weight is 370 g/mol. The van der Waals surface area contributed by atoms with Gasteiger partial charge in [0.05, 0.1) is 22.6 Å². The van der Waals surface area contributed by atoms with Gasteiger partial charge < -0.3 is 5.32 Å². The number of aromatic nitrogens is 1. The summed E-state index contributed by atoms with van der Waals surface area (Å²) in [7, 11) is 0. The van der Waals surface area contributed by atoms with Gasteiger partial charge in [0.25, 0.3) is 5.91 Å². The lowest BCUT2D eigenvalue weighted by Gasteiger charge is -2.27. The van der Waals surface area contributed by atoms with E-state index in [2.05, 4.69) is 10.3 Å². The van der Waals surface area contributed by atoms with Crippen LogP contribution in [-0.2, 0) is 0 Å². The fourth-order valence-electron chi connectivity index (χ4n) is 2.98. The van der Waals surface area contributed by atoms with Gasteiger partial charge in [-0.05, 0) is 36.4 Å². The number of halogens is 2. The predicted octanol–water partition coefficient (Wildman–Crippen LogP) is 5.16. The average Bonchev–Trinajstić information content (AvgIpc) is 2.91. The van der Waals surface area contributed by atoms with E-state index in [1.165, 1.54) is 0 Å². The Morgan fingerprint density at radius 1 is 1.04 bits per heavy atom. The molecule has 0 saturated heterocycles. The van der Waals surface area contributed by atoms with E-state index in [4.69, 9.17) is 23.2 Å². The van der Waals surface area contributed by atoms with Crippen LogP contribution in [0.4, 0.5) is 11.4 Å². The van der Waals surface area contributed by atoms with Crippen LogP contribution in [-0.4, -0.2) is 10.9 Å². The number of carbonyl (C=O) groups is 1. The standard InChI is InChI=1S/C19H13Cl2N3O/c20-12-7-8-17(16(21)10-12)23-18-14-5-1-2-6-15(14)19(25)24(18)13-4-3-9-22-11-13/h1-11,18,23H. The van der Waals surface area contributed by atoms with E-state index in [9.17, 15) is 4.79 Å². The number of rotatable bonds is 3. The maximum Gasteiger partial charge on any atom is 0.260 e. The van der Waals surface area contributed by atoms with Crippen molar-refractivity contribution >= 4 is 40.5 Å². The molecular weight excluding hydrogens is 357 g/mol. The summed E-state index contributed by atoms with van der Waals surface area (Å²) in [6, 6.07) is 16.4. The van der Waals surface area contributed by atoms with Gasteiger partial charge in [0.15, 0.2) is 0 Å². The Labute approximate surface area is 155 Å². The molecule has 3 aromatic rings. The van der Waals surface area contributed by atoms with Gasteiger partial charge in [-0.3, -0.25) is 14.7 Å². The van der Waals surface area contributed by atoms with Gasteiger partial charge in [-0.15, -0.1) is 0 Å². The predicted molar refractivity (Wildman–Crippen MR) is 100 cm³/mol. The monoisotopic (exact) mass is 369 g/mol. The zero-order chi connectivity index (χ0) is 17.4. The Balaban J connectivity index is 1.80. The molecule has 1 aromatic heterocycles. The molecule has 0 spiro atoms. The lowest BCUT2D eigenvalue weighted by Crippen LogP contribution is -2.32. The summed E-state index contributed by atoms with van der Waals surface area (Å²) in [5.41, 5.74) is 2.97. The zero-order valence-corrected chi connectivity index (χ0v) is 14.5. The number of anilines is 2. The molecule has 25 heavy (non-hydrogen) atoms. The topological polar surface area (TPSA) is 45.2 Å². The molecule has 0 saturated carbocycles. The Kier molecular flexibility index (Phi) is 4.07. The molecule has 1 aliphatic rings. The first-order valence-corrected chi connectivity index (χ1v) is 8.45. The molecule has 4 rings (SSSR count). The van der Waals surface area contributed by atoms with Crippen LogP contribution in [0.25, 0.3) is 0 Å². The van der Waals surface area contributed by atoms with E-state index in [-0.39, 0.29) is 12.1 Å². The van der Waals surface area contributed by atoms with Gasteiger partial charge in [-0.1, -0.05) is 41.4 Å². The smallest absolute Gasteiger partial charge is 0.260 e. The maximum atomic E-state index is 12.9. The number of hydrogen-bond donors (Lipinski definition) is 1. The minimum atomic E-state index is -0.383. The number of fused-ring (bicyclic) bond motifs is 1. The van der Waals surface area contributed by atoms with Crippen molar-refractivity contribution < 1.29 is 4.79 Å². The van der Waals surface area contributed by atoms with E-state index in [0.717, 1.165) is 5.56 Å². The molecule has 1 unspecified atom stereocenters. The SMILES string of the molecule is O=C1c2ccccc2C(Nc2ccc(Cl)cc2Cl)N1c1cccnc1. The largest absolute Gasteiger partial charge is 0.360 e. The number of nitrogens with zero attached hydrogens (tertiary/aromatic N) is 2. The highest BCUT2D eigenvalue weighted by Crippen LogP contribution is 2.39. The van der Waals surface area contributed by atoms with Gasteiger partial charge in [-0.2, -0.15) is 0 Å². The number of nitrogens with one attached hydrogen (secondary N) is 1. The first-order chi connectivity index (χ1) is 12.1. The molecule has 2 aromatic carbocycles. The third kappa shape index (κ3) is 2.84. The van der Waals surface area contributed by atoms with Crippen molar-refractivity contribution in [2.75, 3.05) is 10.2 Å². The fourth-order valence-corrected chi connectivity index (χ4v) is 3.44. The molecular formula is C19H13Cl2N3O. The van der Waals surface area contributed by atoms with Gasteiger partial charge in [-0.25, -0.2) is 0 Å². The first-order valence-electron chi connectivity index (χ1n) is 7.69. The van der Waals surface area contributed by atoms with Crippen molar-refractivity contribution in [3.05, 3.63) is 88.2 Å². The second-order valence-corrected chi connectivity index (χ2v) is 6.49. The Morgan fingerprint density at radius 3 is 2.64 bits per heavy atom. The van der Waals surface area contributed by atoms with Crippen LogP contribution in [0.3, 0.4) is 0 Å². The summed E-state index contributed by atoms with van der Waals surface area (Å²) < 4.78 is 0. The molecule has 2 heterocycles. The second-order valence-electron chi connectivity index (χ2n) is 5.64. The molecule has 0 radical (unpaired) electrons. The molecule has 6 heteroatoms. The van der Waals surface area contributed by atoms with Gasteiger partial charge in [0.2, 0.25) is 0 Å².